The Morgan fingerprint density at radius 3 is 2.18 bits per heavy atom. The van der Waals surface area contributed by atoms with Crippen molar-refractivity contribution in [1.29, 1.82) is 0 Å². The molecule has 4 N–H and O–H groups in total. The van der Waals surface area contributed by atoms with Crippen LogP contribution in [0, 0.1) is 68.0 Å². The fourth-order valence-electron chi connectivity index (χ4n) is 14.7. The molecule has 0 heterocycles. The Kier molecular flexibility index (Phi) is 8.94. The van der Waals surface area contributed by atoms with Gasteiger partial charge in [-0.3, -0.25) is 14.4 Å². The summed E-state index contributed by atoms with van der Waals surface area (Å²) in [5.74, 6) is 0.309. The summed E-state index contributed by atoms with van der Waals surface area (Å²) in [5, 5.41) is 13.4. The number of carboxylic acid groups (broad SMARTS) is 1. The molecule has 0 aromatic rings. The summed E-state index contributed by atoms with van der Waals surface area (Å²) in [5.41, 5.74) is 8.98. The summed E-state index contributed by atoms with van der Waals surface area (Å²) in [6, 6.07) is 0. The van der Waals surface area contributed by atoms with Crippen molar-refractivity contribution in [3.8, 4) is 0 Å². The minimum absolute atomic E-state index is 0.0110. The number of rotatable bonds is 9. The van der Waals surface area contributed by atoms with Crippen molar-refractivity contribution in [3.63, 3.8) is 0 Å². The molecule has 0 aromatic carbocycles. The van der Waals surface area contributed by atoms with Crippen molar-refractivity contribution < 1.29 is 24.2 Å². The summed E-state index contributed by atoms with van der Waals surface area (Å²) in [6.07, 6.45) is 14.3. The van der Waals surface area contributed by atoms with E-state index in [1.807, 2.05) is 13.8 Å². The van der Waals surface area contributed by atoms with Crippen molar-refractivity contribution in [2.45, 2.75) is 164 Å². The minimum Gasteiger partial charge on any atom is -0.481 e. The number of hydrogen-bond acceptors (Lipinski definition) is 6. The highest BCUT2D eigenvalue weighted by molar-refractivity contribution is 6.00. The molecule has 7 nitrogen and oxygen atoms in total. The lowest BCUT2D eigenvalue weighted by molar-refractivity contribution is -0.236. The van der Waals surface area contributed by atoms with E-state index < -0.39 is 17.3 Å². The first-order chi connectivity index (χ1) is 23.7. The smallest absolute Gasteiger partial charge is 0.309 e. The number of hydrogen-bond donors (Lipinski definition) is 3. The Hall–Kier alpha value is -1.73. The second-order valence-electron chi connectivity index (χ2n) is 21.4. The van der Waals surface area contributed by atoms with Crippen LogP contribution < -0.4 is 11.1 Å². The Morgan fingerprint density at radius 1 is 0.863 bits per heavy atom. The molecule has 10 atom stereocenters. The van der Waals surface area contributed by atoms with Crippen LogP contribution in [-0.2, 0) is 19.1 Å². The second kappa shape index (κ2) is 12.1. The maximum atomic E-state index is 14.0. The Morgan fingerprint density at radius 2 is 1.57 bits per heavy atom. The van der Waals surface area contributed by atoms with E-state index in [2.05, 4.69) is 53.8 Å². The van der Waals surface area contributed by atoms with Gasteiger partial charge in [0.05, 0.1) is 11.8 Å². The number of allylic oxidation sites excluding steroid dienone is 2. The van der Waals surface area contributed by atoms with Gasteiger partial charge < -0.3 is 20.9 Å². The molecule has 0 radical (unpaired) electrons. The van der Waals surface area contributed by atoms with Crippen LogP contribution in [-0.4, -0.2) is 47.6 Å². The lowest BCUT2D eigenvalue weighted by Crippen LogP contribution is -2.66. The lowest BCUT2D eigenvalue weighted by Gasteiger charge is -2.72. The molecule has 0 bridgehead atoms. The molecular formula is C44H70N2O5. The van der Waals surface area contributed by atoms with Gasteiger partial charge in [0, 0.05) is 29.3 Å². The number of aliphatic carboxylic acids is 1. The zero-order valence-electron chi connectivity index (χ0n) is 33.5. The van der Waals surface area contributed by atoms with Gasteiger partial charge in [0.2, 0.25) is 0 Å². The van der Waals surface area contributed by atoms with Crippen molar-refractivity contribution in [2.75, 3.05) is 13.1 Å². The van der Waals surface area contributed by atoms with Gasteiger partial charge in [-0.1, -0.05) is 67.9 Å². The van der Waals surface area contributed by atoms with E-state index in [9.17, 15) is 19.5 Å². The Balaban J connectivity index is 1.12. The van der Waals surface area contributed by atoms with Gasteiger partial charge >= 0.3 is 11.9 Å². The summed E-state index contributed by atoms with van der Waals surface area (Å²) >= 11 is 0. The van der Waals surface area contributed by atoms with Gasteiger partial charge in [0.15, 0.2) is 5.78 Å². The number of ether oxygens (including phenoxy) is 1. The summed E-state index contributed by atoms with van der Waals surface area (Å²) in [6.45, 7) is 22.7. The fourth-order valence-corrected chi connectivity index (χ4v) is 14.7. The first-order valence-corrected chi connectivity index (χ1v) is 20.9. The molecule has 0 aromatic heterocycles. The number of nitrogens with one attached hydrogen (secondary N) is 1. The van der Waals surface area contributed by atoms with Gasteiger partial charge in [-0.05, 0) is 141 Å². The third kappa shape index (κ3) is 5.33. The zero-order chi connectivity index (χ0) is 37.2. The van der Waals surface area contributed by atoms with Gasteiger partial charge in [0.1, 0.15) is 6.10 Å². The molecule has 6 saturated carbocycles. The van der Waals surface area contributed by atoms with Crippen LogP contribution in [0.3, 0.4) is 0 Å². The van der Waals surface area contributed by atoms with Crippen LogP contribution in [0.15, 0.2) is 11.1 Å². The zero-order valence-corrected chi connectivity index (χ0v) is 33.5. The molecule has 6 fully saturated rings. The normalized spacial score (nSPS) is 44.7. The van der Waals surface area contributed by atoms with E-state index in [0.29, 0.717) is 36.4 Å². The number of fused-ring (bicyclic) bond motifs is 7. The average molecular weight is 707 g/mol. The van der Waals surface area contributed by atoms with Crippen LogP contribution in [0.4, 0.5) is 0 Å². The van der Waals surface area contributed by atoms with Gasteiger partial charge in [-0.25, -0.2) is 0 Å². The Labute approximate surface area is 308 Å². The molecule has 0 unspecified atom stereocenters. The number of carbonyl (C=O) groups is 3. The highest BCUT2D eigenvalue weighted by Crippen LogP contribution is 2.77. The third-order valence-electron chi connectivity index (χ3n) is 18.2. The molecule has 7 aliphatic rings. The van der Waals surface area contributed by atoms with Crippen LogP contribution in [0.25, 0.3) is 0 Å². The average Bonchev–Trinajstić information content (AvgIpc) is 3.31. The second-order valence-corrected chi connectivity index (χ2v) is 21.4. The highest BCUT2D eigenvalue weighted by atomic mass is 16.5. The molecular weight excluding hydrogens is 636 g/mol. The molecule has 0 saturated heterocycles. The summed E-state index contributed by atoms with van der Waals surface area (Å²) in [7, 11) is 0. The third-order valence-corrected chi connectivity index (χ3v) is 18.2. The first kappa shape index (κ1) is 37.6. The van der Waals surface area contributed by atoms with Crippen molar-refractivity contribution in [3.05, 3.63) is 11.1 Å². The van der Waals surface area contributed by atoms with Crippen LogP contribution >= 0.6 is 0 Å². The largest absolute Gasteiger partial charge is 0.481 e. The van der Waals surface area contributed by atoms with E-state index in [-0.39, 0.29) is 56.5 Å². The number of ketones is 1. The van der Waals surface area contributed by atoms with E-state index in [1.54, 1.807) is 5.57 Å². The van der Waals surface area contributed by atoms with Crippen LogP contribution in [0.2, 0.25) is 0 Å². The van der Waals surface area contributed by atoms with Crippen LogP contribution in [0.5, 0.6) is 0 Å². The fraction of sp³-hybridized carbons (Fsp3) is 0.886. The predicted octanol–water partition coefficient (Wildman–Crippen LogP) is 8.49. The van der Waals surface area contributed by atoms with Crippen molar-refractivity contribution in [1.82, 2.24) is 5.32 Å². The van der Waals surface area contributed by atoms with Gasteiger partial charge in [0.25, 0.3) is 0 Å². The summed E-state index contributed by atoms with van der Waals surface area (Å²) < 4.78 is 6.42. The number of nitrogens with two attached hydrogens (primary N) is 1. The quantitative estimate of drug-likeness (QED) is 0.163. The first-order valence-electron chi connectivity index (χ1n) is 20.9. The van der Waals surface area contributed by atoms with E-state index in [4.69, 9.17) is 10.5 Å². The van der Waals surface area contributed by atoms with Gasteiger partial charge in [-0.2, -0.15) is 0 Å². The molecule has 286 valence electrons. The molecule has 7 heteroatoms. The highest BCUT2D eigenvalue weighted by Gasteiger charge is 2.70. The molecule has 0 amide bonds. The maximum absolute atomic E-state index is 14.0. The maximum Gasteiger partial charge on any atom is 0.309 e. The topological polar surface area (TPSA) is 119 Å². The molecule has 51 heavy (non-hydrogen) atoms. The SMILES string of the molecule is CC(C)C1=C2[C@H]3CC[C@@H]4[C@@]5(C)CC[C@H](OC(=O)[C@H]6C[C@@H](C(=O)O)C6(C)C)C(C)(C)[C@@H]5CC[C@@]4(C)[C@]3(C)CC[C@@]2(CCNCC2(N)CCC2)CC1=O. The van der Waals surface area contributed by atoms with E-state index in [0.717, 1.165) is 58.0 Å². The molecule has 7 rings (SSSR count). The number of carboxylic acids is 1. The standard InChI is InChI=1S/C44H70N2O5/c1-26(2)34-30(47)24-43(21-22-46-25-44(45)15-10-16-44)20-19-41(8)27(35(34)43)11-12-32-40(7)17-14-33(39(5,6)31(40)13-18-42(32,41)9)51-37(50)29-23-28(36(48)49)38(29,3)4/h26-29,31-33,46H,10-25,45H2,1-9H3,(H,48,49)/t27-,28+,29-,31+,32-,33+,40+,41-,42-,43-/m1/s1. The summed E-state index contributed by atoms with van der Waals surface area (Å²) in [4.78, 5) is 39.3. The van der Waals surface area contributed by atoms with Crippen molar-refractivity contribution >= 4 is 17.7 Å². The van der Waals surface area contributed by atoms with E-state index >= 15 is 0 Å². The Bertz CT molecular complexity index is 1490. The van der Waals surface area contributed by atoms with E-state index in [1.165, 1.54) is 37.7 Å². The van der Waals surface area contributed by atoms with Crippen molar-refractivity contribution in [2.24, 2.45) is 73.7 Å². The minimum atomic E-state index is -0.812. The van der Waals surface area contributed by atoms with Gasteiger partial charge in [-0.15, -0.1) is 0 Å². The number of esters is 1. The lowest BCUT2D eigenvalue weighted by atomic mass is 9.33. The monoisotopic (exact) mass is 707 g/mol. The molecule has 0 aliphatic heterocycles. The molecule has 0 spiro atoms. The molecule has 7 aliphatic carbocycles. The van der Waals surface area contributed by atoms with Crippen LogP contribution in [0.1, 0.15) is 152 Å². The number of Topliss-reactive ketones (excluding diaryl/α,β-unsaturated/α-hetero) is 1. The number of carbonyl (C=O) groups excluding carboxylic acids is 2. The predicted molar refractivity (Wildman–Crippen MR) is 201 cm³/mol.